The van der Waals surface area contributed by atoms with E-state index in [1.165, 1.54) is 0 Å². The van der Waals surface area contributed by atoms with Gasteiger partial charge in [0, 0.05) is 25.2 Å². The van der Waals surface area contributed by atoms with Gasteiger partial charge >= 0.3 is 12.0 Å². The lowest BCUT2D eigenvalue weighted by Gasteiger charge is -2.33. The van der Waals surface area contributed by atoms with Crippen LogP contribution in [-0.4, -0.2) is 55.9 Å². The van der Waals surface area contributed by atoms with E-state index in [9.17, 15) is 9.59 Å². The molecule has 8 nitrogen and oxygen atoms in total. The Bertz CT molecular complexity index is 497. The third-order valence-electron chi connectivity index (χ3n) is 4.26. The first-order valence-corrected chi connectivity index (χ1v) is 8.21. The number of piperidine rings is 1. The van der Waals surface area contributed by atoms with Crippen molar-refractivity contribution in [3.05, 3.63) is 12.7 Å². The summed E-state index contributed by atoms with van der Waals surface area (Å²) >= 11 is 0. The molecule has 2 N–H and O–H groups in total. The summed E-state index contributed by atoms with van der Waals surface area (Å²) in [6, 6.07) is -0.131. The maximum Gasteiger partial charge on any atom is 0.317 e. The normalized spacial score (nSPS) is 17.0. The second-order valence-corrected chi connectivity index (χ2v) is 6.01. The number of amides is 2. The summed E-state index contributed by atoms with van der Waals surface area (Å²) in [4.78, 5) is 25.0. The van der Waals surface area contributed by atoms with E-state index in [1.807, 2.05) is 4.57 Å². The van der Waals surface area contributed by atoms with Gasteiger partial charge in [0.1, 0.15) is 12.7 Å². The van der Waals surface area contributed by atoms with Gasteiger partial charge in [-0.1, -0.05) is 19.8 Å². The smallest absolute Gasteiger partial charge is 0.317 e. The van der Waals surface area contributed by atoms with Crippen LogP contribution in [-0.2, 0) is 4.79 Å². The fraction of sp³-hybridized carbons (Fsp3) is 0.733. The fourth-order valence-electron chi connectivity index (χ4n) is 2.92. The molecule has 1 aromatic rings. The molecule has 23 heavy (non-hydrogen) atoms. The number of hydrogen-bond donors (Lipinski definition) is 2. The Kier molecular flexibility index (Phi) is 6.37. The molecule has 8 heteroatoms. The molecule has 1 atom stereocenters. The summed E-state index contributed by atoms with van der Waals surface area (Å²) in [7, 11) is 0. The first-order chi connectivity index (χ1) is 11.1. The van der Waals surface area contributed by atoms with E-state index in [4.69, 9.17) is 5.11 Å². The molecule has 0 unspecified atom stereocenters. The van der Waals surface area contributed by atoms with Crippen molar-refractivity contribution in [3.63, 3.8) is 0 Å². The van der Waals surface area contributed by atoms with Crippen molar-refractivity contribution in [3.8, 4) is 0 Å². The van der Waals surface area contributed by atoms with Gasteiger partial charge in [0.15, 0.2) is 0 Å². The highest BCUT2D eigenvalue weighted by molar-refractivity contribution is 5.76. The van der Waals surface area contributed by atoms with Gasteiger partial charge in [-0.05, 0) is 19.3 Å². The molecular weight excluding hydrogens is 298 g/mol. The molecular formula is C15H25N5O3. The lowest BCUT2D eigenvalue weighted by molar-refractivity contribution is -0.137. The number of nitrogens with zero attached hydrogens (tertiary/aromatic N) is 4. The number of hydrogen-bond acceptors (Lipinski definition) is 4. The number of nitrogens with one attached hydrogen (secondary N) is 1. The Morgan fingerprint density at radius 3 is 2.52 bits per heavy atom. The Hall–Kier alpha value is -2.12. The highest BCUT2D eigenvalue weighted by atomic mass is 16.4. The first-order valence-electron chi connectivity index (χ1n) is 8.21. The molecule has 1 saturated heterocycles. The van der Waals surface area contributed by atoms with E-state index in [0.717, 1.165) is 25.7 Å². The highest BCUT2D eigenvalue weighted by Crippen LogP contribution is 2.21. The average Bonchev–Trinajstić information content (AvgIpc) is 3.06. The van der Waals surface area contributed by atoms with E-state index >= 15 is 0 Å². The van der Waals surface area contributed by atoms with Gasteiger partial charge in [-0.15, -0.1) is 10.2 Å². The summed E-state index contributed by atoms with van der Waals surface area (Å²) < 4.78 is 1.98. The lowest BCUT2D eigenvalue weighted by atomic mass is 10.0. The molecule has 0 radical (unpaired) electrons. The average molecular weight is 323 g/mol. The third-order valence-corrected chi connectivity index (χ3v) is 4.26. The highest BCUT2D eigenvalue weighted by Gasteiger charge is 2.25. The predicted octanol–water partition coefficient (Wildman–Crippen LogP) is 1.66. The molecule has 0 saturated carbocycles. The Morgan fingerprint density at radius 1 is 1.30 bits per heavy atom. The van der Waals surface area contributed by atoms with Crippen molar-refractivity contribution >= 4 is 12.0 Å². The largest absolute Gasteiger partial charge is 0.481 e. The molecule has 0 bridgehead atoms. The monoisotopic (exact) mass is 323 g/mol. The maximum atomic E-state index is 12.3. The van der Waals surface area contributed by atoms with Gasteiger partial charge < -0.3 is 19.9 Å². The predicted molar refractivity (Wildman–Crippen MR) is 84.0 cm³/mol. The van der Waals surface area contributed by atoms with Crippen LogP contribution in [0.15, 0.2) is 12.7 Å². The van der Waals surface area contributed by atoms with Crippen molar-refractivity contribution < 1.29 is 14.7 Å². The summed E-state index contributed by atoms with van der Waals surface area (Å²) in [5.74, 6) is -0.877. The van der Waals surface area contributed by atoms with Gasteiger partial charge in [0.05, 0.1) is 6.42 Å². The topological polar surface area (TPSA) is 100 Å². The number of carboxylic acid groups (broad SMARTS) is 1. The van der Waals surface area contributed by atoms with Crippen LogP contribution < -0.4 is 5.32 Å². The summed E-state index contributed by atoms with van der Waals surface area (Å²) in [5.41, 5.74) is 0. The molecule has 128 valence electrons. The molecule has 2 amide bonds. The summed E-state index contributed by atoms with van der Waals surface area (Å²) in [5, 5.41) is 19.5. The fourth-order valence-corrected chi connectivity index (χ4v) is 2.92. The van der Waals surface area contributed by atoms with Crippen LogP contribution in [0.25, 0.3) is 0 Å². The molecule has 1 aliphatic heterocycles. The number of rotatable bonds is 7. The molecule has 0 aliphatic carbocycles. The quantitative estimate of drug-likeness (QED) is 0.795. The molecule has 2 rings (SSSR count). The summed E-state index contributed by atoms with van der Waals surface area (Å²) in [6.07, 6.45) is 7.68. The lowest BCUT2D eigenvalue weighted by Crippen LogP contribution is -2.48. The van der Waals surface area contributed by atoms with Crippen molar-refractivity contribution in [1.29, 1.82) is 0 Å². The minimum absolute atomic E-state index is 0.0249. The second kappa shape index (κ2) is 8.50. The Labute approximate surface area is 135 Å². The van der Waals surface area contributed by atoms with Crippen molar-refractivity contribution in [2.45, 2.75) is 57.5 Å². The molecule has 0 aromatic carbocycles. The zero-order valence-electron chi connectivity index (χ0n) is 13.5. The number of carbonyl (C=O) groups is 2. The van der Waals surface area contributed by atoms with E-state index < -0.39 is 5.97 Å². The van der Waals surface area contributed by atoms with Gasteiger partial charge in [-0.3, -0.25) is 4.79 Å². The van der Waals surface area contributed by atoms with Crippen LogP contribution in [0, 0.1) is 0 Å². The SMILES string of the molecule is CCCC[C@H](CC(=O)O)NC(=O)N1CCC(n2cnnc2)CC1. The van der Waals surface area contributed by atoms with Crippen LogP contribution in [0.5, 0.6) is 0 Å². The zero-order valence-corrected chi connectivity index (χ0v) is 13.5. The number of aromatic nitrogens is 3. The van der Waals surface area contributed by atoms with Gasteiger partial charge in [0.25, 0.3) is 0 Å². The van der Waals surface area contributed by atoms with Crippen molar-refractivity contribution in [2.75, 3.05) is 13.1 Å². The maximum absolute atomic E-state index is 12.3. The standard InChI is InChI=1S/C15H25N5O3/c1-2-3-4-12(9-14(21)22)18-15(23)19-7-5-13(6-8-19)20-10-16-17-11-20/h10-13H,2-9H2,1H3,(H,18,23)(H,21,22)/t12-/m1/s1. The minimum Gasteiger partial charge on any atom is -0.481 e. The molecule has 1 fully saturated rings. The van der Waals surface area contributed by atoms with E-state index in [0.29, 0.717) is 25.6 Å². The Morgan fingerprint density at radius 2 is 1.96 bits per heavy atom. The van der Waals surface area contributed by atoms with Gasteiger partial charge in [-0.2, -0.15) is 0 Å². The summed E-state index contributed by atoms with van der Waals surface area (Å²) in [6.45, 7) is 3.36. The zero-order chi connectivity index (χ0) is 16.7. The third kappa shape index (κ3) is 5.22. The van der Waals surface area contributed by atoms with Crippen LogP contribution >= 0.6 is 0 Å². The Balaban J connectivity index is 1.81. The minimum atomic E-state index is -0.877. The van der Waals surface area contributed by atoms with Crippen LogP contribution in [0.4, 0.5) is 4.79 Å². The van der Waals surface area contributed by atoms with Crippen LogP contribution in [0.1, 0.15) is 51.5 Å². The number of carboxylic acids is 1. The van der Waals surface area contributed by atoms with Gasteiger partial charge in [0.2, 0.25) is 0 Å². The molecule has 1 aliphatic rings. The number of urea groups is 1. The van der Waals surface area contributed by atoms with E-state index in [2.05, 4.69) is 22.4 Å². The van der Waals surface area contributed by atoms with Crippen molar-refractivity contribution in [2.24, 2.45) is 0 Å². The first kappa shape index (κ1) is 17.2. The van der Waals surface area contributed by atoms with Crippen LogP contribution in [0.2, 0.25) is 0 Å². The number of aliphatic carboxylic acids is 1. The molecule has 1 aromatic heterocycles. The number of carbonyl (C=O) groups excluding carboxylic acids is 1. The number of likely N-dealkylation sites (tertiary alicyclic amines) is 1. The molecule has 0 spiro atoms. The van der Waals surface area contributed by atoms with Crippen molar-refractivity contribution in [1.82, 2.24) is 25.0 Å². The second-order valence-electron chi connectivity index (χ2n) is 6.01. The van der Waals surface area contributed by atoms with Gasteiger partial charge in [-0.25, -0.2) is 4.79 Å². The molecule has 2 heterocycles. The van der Waals surface area contributed by atoms with E-state index in [1.54, 1.807) is 17.6 Å². The number of unbranched alkanes of at least 4 members (excludes halogenated alkanes) is 1. The van der Waals surface area contributed by atoms with Crippen LogP contribution in [0.3, 0.4) is 0 Å². The van der Waals surface area contributed by atoms with E-state index in [-0.39, 0.29) is 18.5 Å².